The van der Waals surface area contributed by atoms with Crippen LogP contribution in [0.4, 0.5) is 11.8 Å². The van der Waals surface area contributed by atoms with Gasteiger partial charge < -0.3 is 15.4 Å². The third-order valence-corrected chi connectivity index (χ3v) is 4.27. The number of fused-ring (bicyclic) bond motifs is 1. The third-order valence-electron chi connectivity index (χ3n) is 3.32. The quantitative estimate of drug-likeness (QED) is 0.819. The van der Waals surface area contributed by atoms with Crippen molar-refractivity contribution in [2.45, 2.75) is 33.7 Å². The predicted molar refractivity (Wildman–Crippen MR) is 90.4 cm³/mol. The van der Waals surface area contributed by atoms with Crippen molar-refractivity contribution in [1.82, 2.24) is 9.97 Å². The van der Waals surface area contributed by atoms with Gasteiger partial charge in [0.1, 0.15) is 10.6 Å². The summed E-state index contributed by atoms with van der Waals surface area (Å²) in [7, 11) is 1.73. The van der Waals surface area contributed by atoms with E-state index in [1.807, 2.05) is 6.92 Å². The second kappa shape index (κ2) is 7.04. The highest BCUT2D eigenvalue weighted by Gasteiger charge is 2.17. The maximum Gasteiger partial charge on any atom is 0.226 e. The Labute approximate surface area is 130 Å². The summed E-state index contributed by atoms with van der Waals surface area (Å²) in [6, 6.07) is 2.37. The predicted octanol–water partition coefficient (Wildman–Crippen LogP) is 3.51. The first-order valence-corrected chi connectivity index (χ1v) is 8.14. The van der Waals surface area contributed by atoms with Gasteiger partial charge in [-0.3, -0.25) is 0 Å². The molecule has 5 nitrogen and oxygen atoms in total. The van der Waals surface area contributed by atoms with Crippen LogP contribution in [0.5, 0.6) is 0 Å². The summed E-state index contributed by atoms with van der Waals surface area (Å²) in [4.78, 5) is 11.5. The molecule has 0 fully saturated rings. The average Bonchev–Trinajstić information content (AvgIpc) is 2.79. The number of aromatic nitrogens is 2. The van der Waals surface area contributed by atoms with Crippen molar-refractivity contribution in [2.75, 3.05) is 30.9 Å². The zero-order valence-electron chi connectivity index (χ0n) is 13.4. The summed E-state index contributed by atoms with van der Waals surface area (Å²) in [6.07, 6.45) is 0. The van der Waals surface area contributed by atoms with Crippen molar-refractivity contribution >= 4 is 33.3 Å². The number of ether oxygens (including phenoxy) is 1. The number of thiophene rings is 1. The second-order valence-corrected chi connectivity index (χ2v) is 6.69. The maximum absolute atomic E-state index is 5.31. The number of nitrogens with zero attached hydrogens (tertiary/aromatic N) is 2. The van der Waals surface area contributed by atoms with Gasteiger partial charge in [-0.15, -0.1) is 11.3 Å². The highest BCUT2D eigenvalue weighted by atomic mass is 32.1. The van der Waals surface area contributed by atoms with Gasteiger partial charge in [0.15, 0.2) is 0 Å². The standard InChI is InChI=1S/C15H24N4OS/c1-6-16-15-18-13(17-12(8-20-5)9(2)3)11-7-10(4)21-14(11)19-15/h7,9,12H,6,8H2,1-5H3,(H2,16,17,18,19). The summed E-state index contributed by atoms with van der Waals surface area (Å²) in [5, 5.41) is 7.81. The summed E-state index contributed by atoms with van der Waals surface area (Å²) >= 11 is 1.69. The van der Waals surface area contributed by atoms with Crippen molar-refractivity contribution in [2.24, 2.45) is 5.92 Å². The summed E-state index contributed by atoms with van der Waals surface area (Å²) in [5.74, 6) is 2.02. The molecule has 0 aliphatic carbocycles. The van der Waals surface area contributed by atoms with E-state index in [2.05, 4.69) is 47.4 Å². The molecule has 0 aromatic carbocycles. The first kappa shape index (κ1) is 16.0. The second-order valence-electron chi connectivity index (χ2n) is 5.45. The molecule has 2 aromatic heterocycles. The van der Waals surface area contributed by atoms with E-state index in [0.717, 1.165) is 22.6 Å². The number of hydrogen-bond donors (Lipinski definition) is 2. The van der Waals surface area contributed by atoms with E-state index in [-0.39, 0.29) is 6.04 Å². The van der Waals surface area contributed by atoms with Gasteiger partial charge >= 0.3 is 0 Å². The van der Waals surface area contributed by atoms with Crippen LogP contribution in [0.2, 0.25) is 0 Å². The first-order chi connectivity index (χ1) is 10.0. The molecule has 0 saturated carbocycles. The van der Waals surface area contributed by atoms with E-state index in [1.54, 1.807) is 18.4 Å². The molecule has 0 aliphatic heterocycles. The number of aryl methyl sites for hydroxylation is 1. The van der Waals surface area contributed by atoms with Gasteiger partial charge in [0.25, 0.3) is 0 Å². The average molecular weight is 308 g/mol. The van der Waals surface area contributed by atoms with E-state index in [1.165, 1.54) is 4.88 Å². The fourth-order valence-corrected chi connectivity index (χ4v) is 3.02. The topological polar surface area (TPSA) is 59.1 Å². The zero-order chi connectivity index (χ0) is 15.4. The largest absolute Gasteiger partial charge is 0.383 e. The Bertz CT molecular complexity index is 597. The van der Waals surface area contributed by atoms with Gasteiger partial charge in [0.05, 0.1) is 18.0 Å². The van der Waals surface area contributed by atoms with Crippen LogP contribution in [-0.2, 0) is 4.74 Å². The van der Waals surface area contributed by atoms with Gasteiger partial charge in [-0.05, 0) is 25.8 Å². The Morgan fingerprint density at radius 3 is 2.71 bits per heavy atom. The van der Waals surface area contributed by atoms with E-state index < -0.39 is 0 Å². The zero-order valence-corrected chi connectivity index (χ0v) is 14.2. The monoisotopic (exact) mass is 308 g/mol. The SMILES string of the molecule is CCNc1nc(NC(COC)C(C)C)c2cc(C)sc2n1. The molecule has 1 atom stereocenters. The highest BCUT2D eigenvalue weighted by molar-refractivity contribution is 7.18. The number of hydrogen-bond acceptors (Lipinski definition) is 6. The summed E-state index contributed by atoms with van der Waals surface area (Å²) in [5.41, 5.74) is 0. The molecule has 2 aromatic rings. The van der Waals surface area contributed by atoms with E-state index in [9.17, 15) is 0 Å². The van der Waals surface area contributed by atoms with Gasteiger partial charge in [-0.2, -0.15) is 4.98 Å². The Kier molecular flexibility index (Phi) is 5.36. The van der Waals surface area contributed by atoms with Gasteiger partial charge in [-0.25, -0.2) is 4.98 Å². The van der Waals surface area contributed by atoms with Crippen LogP contribution >= 0.6 is 11.3 Å². The molecule has 21 heavy (non-hydrogen) atoms. The molecule has 116 valence electrons. The van der Waals surface area contributed by atoms with E-state index >= 15 is 0 Å². The van der Waals surface area contributed by atoms with Gasteiger partial charge in [0, 0.05) is 18.5 Å². The van der Waals surface area contributed by atoms with Crippen molar-refractivity contribution < 1.29 is 4.74 Å². The molecule has 2 rings (SSSR count). The van der Waals surface area contributed by atoms with Crippen LogP contribution in [0.15, 0.2) is 6.07 Å². The lowest BCUT2D eigenvalue weighted by atomic mass is 10.1. The molecule has 2 heterocycles. The molecule has 0 aliphatic rings. The normalized spacial score (nSPS) is 12.9. The van der Waals surface area contributed by atoms with E-state index in [4.69, 9.17) is 4.74 Å². The first-order valence-electron chi connectivity index (χ1n) is 7.32. The number of anilines is 2. The lowest BCUT2D eigenvalue weighted by Crippen LogP contribution is -2.31. The molecule has 0 bridgehead atoms. The molecule has 0 amide bonds. The van der Waals surface area contributed by atoms with Crippen LogP contribution in [-0.4, -0.2) is 36.3 Å². The van der Waals surface area contributed by atoms with E-state index in [0.29, 0.717) is 18.5 Å². The Balaban J connectivity index is 2.39. The third kappa shape index (κ3) is 3.83. The highest BCUT2D eigenvalue weighted by Crippen LogP contribution is 2.30. The van der Waals surface area contributed by atoms with Crippen molar-refractivity contribution in [3.05, 3.63) is 10.9 Å². The molecule has 2 N–H and O–H groups in total. The molecule has 0 radical (unpaired) electrons. The minimum absolute atomic E-state index is 0.225. The van der Waals surface area contributed by atoms with Crippen LogP contribution in [0.1, 0.15) is 25.6 Å². The van der Waals surface area contributed by atoms with Crippen LogP contribution in [0.25, 0.3) is 10.2 Å². The number of methoxy groups -OCH3 is 1. The van der Waals surface area contributed by atoms with Crippen molar-refractivity contribution in [3.8, 4) is 0 Å². The summed E-state index contributed by atoms with van der Waals surface area (Å²) in [6.45, 7) is 9.96. The number of rotatable bonds is 7. The van der Waals surface area contributed by atoms with Gasteiger partial charge in [0.2, 0.25) is 5.95 Å². The minimum Gasteiger partial charge on any atom is -0.383 e. The van der Waals surface area contributed by atoms with Crippen molar-refractivity contribution in [3.63, 3.8) is 0 Å². The maximum atomic E-state index is 5.31. The van der Waals surface area contributed by atoms with Crippen LogP contribution in [0.3, 0.4) is 0 Å². The summed E-state index contributed by atoms with van der Waals surface area (Å²) < 4.78 is 5.31. The fourth-order valence-electron chi connectivity index (χ4n) is 2.15. The van der Waals surface area contributed by atoms with Crippen LogP contribution in [0, 0.1) is 12.8 Å². The molecule has 0 saturated heterocycles. The van der Waals surface area contributed by atoms with Crippen LogP contribution < -0.4 is 10.6 Å². The smallest absolute Gasteiger partial charge is 0.226 e. The van der Waals surface area contributed by atoms with Gasteiger partial charge in [-0.1, -0.05) is 13.8 Å². The van der Waals surface area contributed by atoms with Crippen molar-refractivity contribution in [1.29, 1.82) is 0 Å². The molecule has 1 unspecified atom stereocenters. The molecular weight excluding hydrogens is 284 g/mol. The lowest BCUT2D eigenvalue weighted by molar-refractivity contribution is 0.171. The fraction of sp³-hybridized carbons (Fsp3) is 0.600. The Morgan fingerprint density at radius 2 is 2.10 bits per heavy atom. The Morgan fingerprint density at radius 1 is 1.33 bits per heavy atom. The molecular formula is C15H24N4OS. The molecule has 6 heteroatoms. The number of nitrogens with one attached hydrogen (secondary N) is 2. The Hall–Kier alpha value is -1.40. The lowest BCUT2D eigenvalue weighted by Gasteiger charge is -2.22. The molecule has 0 spiro atoms. The minimum atomic E-state index is 0.225.